The Labute approximate surface area is 222 Å². The van der Waals surface area contributed by atoms with Crippen LogP contribution in [0.4, 0.5) is 10.5 Å². The summed E-state index contributed by atoms with van der Waals surface area (Å²) in [4.78, 5) is 28.9. The number of hydrogen-bond donors (Lipinski definition) is 3. The normalized spacial score (nSPS) is 20.2. The molecule has 0 atom stereocenters. The zero-order valence-electron chi connectivity index (χ0n) is 21.5. The van der Waals surface area contributed by atoms with Gasteiger partial charge in [0.25, 0.3) is 0 Å². The molecule has 8 heteroatoms. The topological polar surface area (TPSA) is 110 Å². The first kappa shape index (κ1) is 25.9. The summed E-state index contributed by atoms with van der Waals surface area (Å²) < 4.78 is 10.8. The SMILES string of the molecule is COC1CCC(CC(=O)Nc2cnc(-c3ccc(C4(NC(=O)O)COC4)cc3)c(-c3ccccc3)c2)CC1. The number of carbonyl (C=O) groups excluding carboxylic acids is 1. The van der Waals surface area contributed by atoms with Crippen LogP contribution < -0.4 is 10.6 Å². The minimum absolute atomic E-state index is 0.00253. The molecule has 2 aromatic carbocycles. The lowest BCUT2D eigenvalue weighted by atomic mass is 9.85. The molecule has 2 aliphatic rings. The molecule has 0 radical (unpaired) electrons. The first-order chi connectivity index (χ1) is 18.5. The highest BCUT2D eigenvalue weighted by Crippen LogP contribution is 2.35. The largest absolute Gasteiger partial charge is 0.465 e. The zero-order chi connectivity index (χ0) is 26.5. The molecule has 1 saturated carbocycles. The van der Waals surface area contributed by atoms with Gasteiger partial charge in [-0.15, -0.1) is 0 Å². The Morgan fingerprint density at radius 2 is 1.74 bits per heavy atom. The Morgan fingerprint density at radius 1 is 1.03 bits per heavy atom. The molecule has 3 N–H and O–H groups in total. The second kappa shape index (κ2) is 11.3. The number of hydrogen-bond acceptors (Lipinski definition) is 5. The van der Waals surface area contributed by atoms with Gasteiger partial charge in [-0.25, -0.2) is 4.79 Å². The van der Waals surface area contributed by atoms with Crippen molar-refractivity contribution in [1.29, 1.82) is 0 Å². The standard InChI is InChI=1S/C30H33N3O5/c1-37-25-13-7-20(8-14-25)15-27(34)32-24-16-26(21-5-3-2-4-6-21)28(31-17-24)22-9-11-23(12-10-22)30(18-38-19-30)33-29(35)36/h2-6,9-12,16-17,20,25,33H,7-8,13-15,18-19H2,1H3,(H,32,34)(H,35,36). The number of amides is 2. The van der Waals surface area contributed by atoms with Gasteiger partial charge in [-0.2, -0.15) is 0 Å². The summed E-state index contributed by atoms with van der Waals surface area (Å²) in [5, 5.41) is 14.9. The fourth-order valence-corrected chi connectivity index (χ4v) is 5.42. The highest BCUT2D eigenvalue weighted by atomic mass is 16.5. The van der Waals surface area contributed by atoms with Crippen LogP contribution in [-0.2, 0) is 19.8 Å². The van der Waals surface area contributed by atoms with Gasteiger partial charge < -0.3 is 25.2 Å². The Kier molecular flexibility index (Phi) is 7.72. The monoisotopic (exact) mass is 515 g/mol. The van der Waals surface area contributed by atoms with E-state index < -0.39 is 11.6 Å². The molecule has 3 aromatic rings. The predicted molar refractivity (Wildman–Crippen MR) is 145 cm³/mol. The molecule has 0 bridgehead atoms. The Morgan fingerprint density at radius 3 is 2.34 bits per heavy atom. The highest BCUT2D eigenvalue weighted by molar-refractivity contribution is 5.93. The number of rotatable bonds is 8. The molecule has 0 unspecified atom stereocenters. The van der Waals surface area contributed by atoms with Crippen molar-refractivity contribution in [3.63, 3.8) is 0 Å². The van der Waals surface area contributed by atoms with E-state index in [0.29, 0.717) is 37.3 Å². The fourth-order valence-electron chi connectivity index (χ4n) is 5.42. The molecule has 1 aromatic heterocycles. The summed E-state index contributed by atoms with van der Waals surface area (Å²) in [7, 11) is 1.75. The van der Waals surface area contributed by atoms with Gasteiger partial charge in [-0.3, -0.25) is 9.78 Å². The van der Waals surface area contributed by atoms with Gasteiger partial charge in [0, 0.05) is 24.7 Å². The maximum Gasteiger partial charge on any atom is 0.405 e. The molecule has 198 valence electrons. The lowest BCUT2D eigenvalue weighted by molar-refractivity contribution is -0.117. The summed E-state index contributed by atoms with van der Waals surface area (Å²) >= 11 is 0. The van der Waals surface area contributed by atoms with Crippen molar-refractivity contribution < 1.29 is 24.2 Å². The van der Waals surface area contributed by atoms with Gasteiger partial charge in [-0.1, -0.05) is 54.6 Å². The highest BCUT2D eigenvalue weighted by Gasteiger charge is 2.42. The lowest BCUT2D eigenvalue weighted by Gasteiger charge is -2.41. The van der Waals surface area contributed by atoms with Crippen LogP contribution in [0.15, 0.2) is 66.9 Å². The van der Waals surface area contributed by atoms with Crippen LogP contribution in [0.5, 0.6) is 0 Å². The smallest absolute Gasteiger partial charge is 0.405 e. The van der Waals surface area contributed by atoms with Crippen LogP contribution in [0.2, 0.25) is 0 Å². The zero-order valence-corrected chi connectivity index (χ0v) is 21.5. The third-order valence-electron chi connectivity index (χ3n) is 7.61. The van der Waals surface area contributed by atoms with Crippen molar-refractivity contribution in [3.05, 3.63) is 72.4 Å². The minimum Gasteiger partial charge on any atom is -0.465 e. The van der Waals surface area contributed by atoms with Gasteiger partial charge in [-0.05, 0) is 48.8 Å². The number of aromatic nitrogens is 1. The van der Waals surface area contributed by atoms with Gasteiger partial charge >= 0.3 is 6.09 Å². The summed E-state index contributed by atoms with van der Waals surface area (Å²) in [6.45, 7) is 0.600. The number of anilines is 1. The van der Waals surface area contributed by atoms with Crippen molar-refractivity contribution in [1.82, 2.24) is 10.3 Å². The maximum atomic E-state index is 12.8. The number of pyridine rings is 1. The number of methoxy groups -OCH3 is 1. The van der Waals surface area contributed by atoms with Crippen molar-refractivity contribution in [2.45, 2.75) is 43.7 Å². The Balaban J connectivity index is 1.36. The van der Waals surface area contributed by atoms with Crippen LogP contribution in [0.1, 0.15) is 37.7 Å². The van der Waals surface area contributed by atoms with Crippen molar-refractivity contribution in [2.75, 3.05) is 25.6 Å². The third kappa shape index (κ3) is 5.71. The second-order valence-electron chi connectivity index (χ2n) is 10.2. The van der Waals surface area contributed by atoms with E-state index in [2.05, 4.69) is 10.6 Å². The maximum absolute atomic E-state index is 12.8. The van der Waals surface area contributed by atoms with E-state index in [1.807, 2.05) is 60.7 Å². The molecule has 8 nitrogen and oxygen atoms in total. The number of nitrogens with zero attached hydrogens (tertiary/aromatic N) is 1. The van der Waals surface area contributed by atoms with E-state index in [1.165, 1.54) is 0 Å². The summed E-state index contributed by atoms with van der Waals surface area (Å²) in [5.74, 6) is 0.378. The summed E-state index contributed by atoms with van der Waals surface area (Å²) in [6, 6.07) is 19.6. The van der Waals surface area contributed by atoms with Crippen LogP contribution in [-0.4, -0.2) is 48.5 Å². The summed E-state index contributed by atoms with van der Waals surface area (Å²) in [6.07, 6.45) is 5.44. The lowest BCUT2D eigenvalue weighted by Crippen LogP contribution is -2.59. The van der Waals surface area contributed by atoms with Crippen molar-refractivity contribution in [2.24, 2.45) is 5.92 Å². The first-order valence-electron chi connectivity index (χ1n) is 13.0. The van der Waals surface area contributed by atoms with Crippen molar-refractivity contribution in [3.8, 4) is 22.4 Å². The van der Waals surface area contributed by atoms with E-state index in [1.54, 1.807) is 13.3 Å². The predicted octanol–water partition coefficient (Wildman–Crippen LogP) is 5.44. The molecule has 0 spiro atoms. The van der Waals surface area contributed by atoms with E-state index in [0.717, 1.165) is 53.6 Å². The van der Waals surface area contributed by atoms with Crippen LogP contribution in [0.3, 0.4) is 0 Å². The average molecular weight is 516 g/mol. The Bertz CT molecular complexity index is 1270. The third-order valence-corrected chi connectivity index (χ3v) is 7.61. The van der Waals surface area contributed by atoms with Gasteiger partial charge in [0.15, 0.2) is 0 Å². The van der Waals surface area contributed by atoms with E-state index in [4.69, 9.17) is 14.5 Å². The van der Waals surface area contributed by atoms with Crippen LogP contribution in [0, 0.1) is 5.92 Å². The molecular weight excluding hydrogens is 482 g/mol. The quantitative estimate of drug-likeness (QED) is 0.368. The van der Waals surface area contributed by atoms with E-state index in [-0.39, 0.29) is 5.91 Å². The molecule has 5 rings (SSSR count). The molecule has 1 aliphatic heterocycles. The molecule has 2 amide bonds. The number of nitrogens with one attached hydrogen (secondary N) is 2. The first-order valence-corrected chi connectivity index (χ1v) is 13.0. The summed E-state index contributed by atoms with van der Waals surface area (Å²) in [5.41, 5.74) is 4.36. The number of carboxylic acid groups (broad SMARTS) is 1. The van der Waals surface area contributed by atoms with Gasteiger partial charge in [0.2, 0.25) is 5.91 Å². The molecule has 2 heterocycles. The molecule has 1 aliphatic carbocycles. The van der Waals surface area contributed by atoms with Gasteiger partial charge in [0.1, 0.15) is 5.54 Å². The number of carbonyl (C=O) groups is 2. The molecular formula is C30H33N3O5. The van der Waals surface area contributed by atoms with E-state index in [9.17, 15) is 14.7 Å². The Hall–Kier alpha value is -3.75. The molecule has 2 fully saturated rings. The average Bonchev–Trinajstić information content (AvgIpc) is 2.92. The van der Waals surface area contributed by atoms with E-state index >= 15 is 0 Å². The van der Waals surface area contributed by atoms with Gasteiger partial charge in [0.05, 0.1) is 36.9 Å². The molecule has 1 saturated heterocycles. The second-order valence-corrected chi connectivity index (χ2v) is 10.2. The van der Waals surface area contributed by atoms with Crippen molar-refractivity contribution >= 4 is 17.7 Å². The van der Waals surface area contributed by atoms with Crippen LogP contribution >= 0.6 is 0 Å². The minimum atomic E-state index is -1.08. The fraction of sp³-hybridized carbons (Fsp3) is 0.367. The number of ether oxygens (including phenoxy) is 2. The molecule has 38 heavy (non-hydrogen) atoms. The number of benzene rings is 2. The van der Waals surface area contributed by atoms with Crippen LogP contribution in [0.25, 0.3) is 22.4 Å².